The number of ether oxygens (including phenoxy) is 2. The van der Waals surface area contributed by atoms with Gasteiger partial charge in [-0.2, -0.15) is 0 Å². The van der Waals surface area contributed by atoms with Crippen LogP contribution in [0.4, 0.5) is 0 Å². The van der Waals surface area contributed by atoms with Crippen molar-refractivity contribution in [2.24, 2.45) is 0 Å². The van der Waals surface area contributed by atoms with Gasteiger partial charge in [0.15, 0.2) is 0 Å². The van der Waals surface area contributed by atoms with E-state index in [1.54, 1.807) is 4.90 Å². The van der Waals surface area contributed by atoms with Gasteiger partial charge < -0.3 is 44.5 Å². The van der Waals surface area contributed by atoms with E-state index in [1.165, 1.54) is 0 Å². The van der Waals surface area contributed by atoms with Gasteiger partial charge in [0.1, 0.15) is 36.9 Å². The molecule has 0 unspecified atom stereocenters. The third-order valence-electron chi connectivity index (χ3n) is 11.5. The zero-order valence-corrected chi connectivity index (χ0v) is 50.1. The van der Waals surface area contributed by atoms with E-state index in [1.807, 2.05) is 121 Å². The molecule has 0 radical (unpaired) electrons. The van der Waals surface area contributed by atoms with Crippen LogP contribution in [-0.2, 0) is 14.4 Å². The van der Waals surface area contributed by atoms with E-state index < -0.39 is 36.4 Å². The fourth-order valence-electron chi connectivity index (χ4n) is 7.40. The first-order valence-electron chi connectivity index (χ1n) is 23.8. The summed E-state index contributed by atoms with van der Waals surface area (Å²) in [5, 5.41) is 37.0. The standard InChI is InChI=1S/2C26H28ClNO.C6H8O7.CH4.I2.HI/c2*1-3-28(4-2)19-20-29-24-17-15-22(16-18-24)25(21-11-7-5-8-12-21)26(27)23-13-9-6-10-14-23;7-3(8)1-6(13,5(11)12)2-4(9)10;;1-2;/h2*5-18H,3-4,19-20H2,1-2H3;13H,1-2H2,(H,7,8)(H,9,10)(H,11,12);1H4;;1H/b2*26-25+;;;;. The van der Waals surface area contributed by atoms with Crippen LogP contribution in [0.3, 0.4) is 0 Å². The van der Waals surface area contributed by atoms with Crippen LogP contribution >= 0.6 is 84.4 Å². The van der Waals surface area contributed by atoms with E-state index in [9.17, 15) is 19.5 Å². The molecule has 0 saturated heterocycles. The average Bonchev–Trinajstić information content (AvgIpc) is 3.41. The largest absolute Gasteiger partial charge is 0.547 e. The molecule has 16 heteroatoms. The van der Waals surface area contributed by atoms with E-state index >= 15 is 0 Å². The number of carbonyl (C=O) groups excluding carboxylic acids is 1. The summed E-state index contributed by atoms with van der Waals surface area (Å²) in [5.41, 5.74) is 5.55. The molecule has 11 nitrogen and oxygen atoms in total. The monoisotopic (exact) mass is 1400 g/mol. The van der Waals surface area contributed by atoms with Crippen LogP contribution in [0.15, 0.2) is 170 Å². The fraction of sp³-hybridized carbons (Fsp3) is 0.271. The van der Waals surface area contributed by atoms with Gasteiger partial charge in [-0.05, 0) is 84.6 Å². The van der Waals surface area contributed by atoms with Gasteiger partial charge in [-0.25, -0.2) is 0 Å². The van der Waals surface area contributed by atoms with Crippen molar-refractivity contribution < 1.29 is 49.2 Å². The fourth-order valence-corrected chi connectivity index (χ4v) is 8.09. The first-order valence-corrected chi connectivity index (χ1v) is 30.8. The minimum absolute atomic E-state index is 0. The Labute approximate surface area is 493 Å². The lowest BCUT2D eigenvalue weighted by molar-refractivity contribution is -0.896. The van der Waals surface area contributed by atoms with Crippen LogP contribution in [0, 0.1) is 0 Å². The summed E-state index contributed by atoms with van der Waals surface area (Å²) in [6.45, 7) is 16.5. The van der Waals surface area contributed by atoms with Gasteiger partial charge in [0.05, 0.1) is 42.0 Å². The van der Waals surface area contributed by atoms with Gasteiger partial charge >= 0.3 is 11.9 Å². The predicted molar refractivity (Wildman–Crippen MR) is 333 cm³/mol. The average molecular weight is 1400 g/mol. The highest BCUT2D eigenvalue weighted by molar-refractivity contribution is 15.0. The number of quaternary nitrogens is 1. The van der Waals surface area contributed by atoms with E-state index in [2.05, 4.69) is 118 Å². The number of nitrogens with zero attached hydrogens (tertiary/aromatic N) is 1. The Morgan fingerprint density at radius 2 is 0.853 bits per heavy atom. The lowest BCUT2D eigenvalue weighted by Crippen LogP contribution is -3.12. The second-order valence-electron chi connectivity index (χ2n) is 16.3. The van der Waals surface area contributed by atoms with Crippen molar-refractivity contribution >= 4 is 124 Å². The first kappa shape index (κ1) is 68.5. The Bertz CT molecular complexity index is 2430. The number of hydrogen-bond acceptors (Lipinski definition) is 8. The van der Waals surface area contributed by atoms with Crippen LogP contribution < -0.4 is 19.5 Å². The number of aliphatic carboxylic acids is 3. The van der Waals surface area contributed by atoms with Crippen molar-refractivity contribution in [3.63, 3.8) is 0 Å². The number of hydrogen-bond donors (Lipinski definition) is 4. The predicted octanol–water partition coefficient (Wildman–Crippen LogP) is 12.2. The Morgan fingerprint density at radius 1 is 0.547 bits per heavy atom. The Kier molecular flexibility index (Phi) is 34.8. The lowest BCUT2D eigenvalue weighted by atomic mass is 9.95. The Morgan fingerprint density at radius 3 is 1.15 bits per heavy atom. The van der Waals surface area contributed by atoms with Gasteiger partial charge in [-0.1, -0.05) is 190 Å². The smallest absolute Gasteiger partial charge is 0.306 e. The number of carbonyl (C=O) groups is 3. The van der Waals surface area contributed by atoms with Crippen LogP contribution in [0.25, 0.3) is 21.2 Å². The van der Waals surface area contributed by atoms with E-state index in [0.29, 0.717) is 6.61 Å². The highest BCUT2D eigenvalue weighted by Crippen LogP contribution is 2.37. The molecule has 0 heterocycles. The summed E-state index contributed by atoms with van der Waals surface area (Å²) < 4.78 is 11.9. The molecule has 6 aromatic rings. The van der Waals surface area contributed by atoms with Crippen molar-refractivity contribution in [2.45, 2.75) is 53.6 Å². The Hall–Kier alpha value is -4.54. The van der Waals surface area contributed by atoms with Gasteiger partial charge in [0.2, 0.25) is 0 Å². The molecule has 0 saturated carbocycles. The van der Waals surface area contributed by atoms with Gasteiger partial charge in [-0.15, -0.1) is 24.0 Å². The SMILES string of the molecule is C.CCN(CC)CCOc1ccc(/C(=C(/Cl)c2ccccc2)c2ccccc2)cc1.CC[NH+](CC)CCOc1ccc(/C(=C(/Cl)c2ccccc2)c2ccccc2)cc1.I.II.O=C(O)CC(O)(CC(=O)O)C(=O)[O-]. The van der Waals surface area contributed by atoms with Gasteiger partial charge in [0, 0.05) is 54.9 Å². The maximum absolute atomic E-state index is 10.2. The number of aliphatic hydroxyl groups is 1. The molecule has 0 atom stereocenters. The molecule has 0 aliphatic heterocycles. The molecule has 0 aliphatic rings. The third-order valence-corrected chi connectivity index (χ3v) is 12.3. The molecule has 6 rings (SSSR count). The minimum atomic E-state index is -2.85. The van der Waals surface area contributed by atoms with E-state index in [-0.39, 0.29) is 31.4 Å². The maximum Gasteiger partial charge on any atom is 0.306 e. The number of carboxylic acid groups (broad SMARTS) is 3. The molecule has 404 valence electrons. The first-order chi connectivity index (χ1) is 35.2. The molecule has 0 aromatic heterocycles. The van der Waals surface area contributed by atoms with Gasteiger partial charge in [-0.3, -0.25) is 9.59 Å². The molecule has 4 N–H and O–H groups in total. The van der Waals surface area contributed by atoms with Crippen molar-refractivity contribution in [3.05, 3.63) is 203 Å². The van der Waals surface area contributed by atoms with Crippen molar-refractivity contribution in [3.8, 4) is 11.5 Å². The lowest BCUT2D eigenvalue weighted by Gasteiger charge is -2.25. The normalized spacial score (nSPS) is 11.2. The highest BCUT2D eigenvalue weighted by atomic mass is 128. The van der Waals surface area contributed by atoms with Crippen LogP contribution in [0.1, 0.15) is 81.3 Å². The zero-order valence-electron chi connectivity index (χ0n) is 41.9. The Balaban J connectivity index is 0.000000583. The molecule has 75 heavy (non-hydrogen) atoms. The number of carboxylic acids is 3. The van der Waals surface area contributed by atoms with Crippen LogP contribution in [0.5, 0.6) is 11.5 Å². The zero-order chi connectivity index (χ0) is 53.6. The second kappa shape index (κ2) is 38.1. The molecule has 6 aromatic carbocycles. The van der Waals surface area contributed by atoms with Crippen LogP contribution in [-0.4, -0.2) is 96.2 Å². The summed E-state index contributed by atoms with van der Waals surface area (Å²) in [7, 11) is 0. The molecule has 0 fully saturated rings. The van der Waals surface area contributed by atoms with E-state index in [4.69, 9.17) is 48.0 Å². The minimum Gasteiger partial charge on any atom is -0.547 e. The molecule has 0 aliphatic carbocycles. The van der Waals surface area contributed by atoms with Gasteiger partial charge in [0.25, 0.3) is 0 Å². The molecule has 0 spiro atoms. The molecule has 0 amide bonds. The molecule has 0 bridgehead atoms. The van der Waals surface area contributed by atoms with Crippen LogP contribution in [0.2, 0.25) is 0 Å². The third kappa shape index (κ3) is 23.7. The van der Waals surface area contributed by atoms with E-state index in [0.717, 1.165) is 112 Å². The molecular formula is C59H69Cl2I3N2O9. The second-order valence-corrected chi connectivity index (χ2v) is 17.0. The molecular weight excluding hydrogens is 1330 g/mol. The highest BCUT2D eigenvalue weighted by Gasteiger charge is 2.34. The summed E-state index contributed by atoms with van der Waals surface area (Å²) in [5.74, 6) is -3.58. The summed E-state index contributed by atoms with van der Waals surface area (Å²) >= 11 is 18.0. The summed E-state index contributed by atoms with van der Waals surface area (Å²) in [4.78, 5) is 34.2. The van der Waals surface area contributed by atoms with Crippen molar-refractivity contribution in [1.82, 2.24) is 4.90 Å². The number of benzene rings is 6. The van der Waals surface area contributed by atoms with Crippen molar-refractivity contribution in [2.75, 3.05) is 52.5 Å². The number of rotatable bonds is 23. The number of nitrogens with one attached hydrogen (secondary N) is 1. The summed E-state index contributed by atoms with van der Waals surface area (Å²) in [6, 6.07) is 57.2. The quantitative estimate of drug-likeness (QED) is 0.0359. The van der Waals surface area contributed by atoms with Crippen molar-refractivity contribution in [1.29, 1.82) is 0 Å². The number of likely N-dealkylation sites (N-methyl/N-ethyl adjacent to an activating group) is 2. The topological polar surface area (TPSA) is 161 Å². The maximum atomic E-state index is 10.2. The number of halogens is 5. The summed E-state index contributed by atoms with van der Waals surface area (Å²) in [6.07, 6.45) is -2.41.